The van der Waals surface area contributed by atoms with Gasteiger partial charge in [-0.3, -0.25) is 14.7 Å². The van der Waals surface area contributed by atoms with Crippen LogP contribution in [0.1, 0.15) is 27.5 Å². The summed E-state index contributed by atoms with van der Waals surface area (Å²) in [6, 6.07) is 8.92. The average Bonchev–Trinajstić information content (AvgIpc) is 2.99. The maximum atomic E-state index is 12.3. The number of rotatable bonds is 2. The van der Waals surface area contributed by atoms with Crippen LogP contribution >= 0.6 is 0 Å². The Morgan fingerprint density at radius 1 is 1.30 bits per heavy atom. The van der Waals surface area contributed by atoms with Crippen LogP contribution in [0.5, 0.6) is 0 Å². The predicted molar refractivity (Wildman–Crippen MR) is 70.1 cm³/mol. The van der Waals surface area contributed by atoms with Crippen molar-refractivity contribution in [2.75, 3.05) is 6.54 Å². The van der Waals surface area contributed by atoms with E-state index in [1.807, 2.05) is 24.3 Å². The summed E-state index contributed by atoms with van der Waals surface area (Å²) in [5.74, 6) is -1.84. The van der Waals surface area contributed by atoms with Gasteiger partial charge in [-0.1, -0.05) is 24.3 Å². The van der Waals surface area contributed by atoms with E-state index in [0.717, 1.165) is 11.1 Å². The molecular weight excluding hydrogens is 258 g/mol. The number of benzene rings is 1. The molecule has 1 unspecified atom stereocenters. The molecule has 0 radical (unpaired) electrons. The first kappa shape index (κ1) is 12.4. The molecule has 0 saturated carbocycles. The normalized spacial score (nSPS) is 17.6. The maximum absolute atomic E-state index is 12.3. The smallest absolute Gasteiger partial charge is 0.312 e. The van der Waals surface area contributed by atoms with Crippen molar-refractivity contribution in [2.45, 2.75) is 12.5 Å². The number of nitrogens with zero attached hydrogens (tertiary/aromatic N) is 2. The van der Waals surface area contributed by atoms with Gasteiger partial charge in [-0.2, -0.15) is 5.10 Å². The fourth-order valence-electron chi connectivity index (χ4n) is 2.52. The Morgan fingerprint density at radius 2 is 2.10 bits per heavy atom. The first-order valence-electron chi connectivity index (χ1n) is 6.26. The van der Waals surface area contributed by atoms with Gasteiger partial charge < -0.3 is 10.0 Å². The number of fused-ring (bicyclic) bond motifs is 1. The molecule has 102 valence electrons. The summed E-state index contributed by atoms with van der Waals surface area (Å²) in [7, 11) is 0. The highest BCUT2D eigenvalue weighted by Crippen LogP contribution is 2.29. The second kappa shape index (κ2) is 4.80. The van der Waals surface area contributed by atoms with E-state index >= 15 is 0 Å². The monoisotopic (exact) mass is 271 g/mol. The lowest BCUT2D eigenvalue weighted by molar-refractivity contribution is -0.139. The predicted octanol–water partition coefficient (Wildman–Crippen LogP) is 1.23. The van der Waals surface area contributed by atoms with Crippen LogP contribution in [0.4, 0.5) is 0 Å². The number of hydrogen-bond donors (Lipinski definition) is 2. The zero-order valence-corrected chi connectivity index (χ0v) is 10.6. The van der Waals surface area contributed by atoms with Crippen LogP contribution in [-0.4, -0.2) is 38.6 Å². The summed E-state index contributed by atoms with van der Waals surface area (Å²) in [6.45, 7) is 0.585. The third kappa shape index (κ3) is 2.05. The topological polar surface area (TPSA) is 86.3 Å². The van der Waals surface area contributed by atoms with E-state index in [-0.39, 0.29) is 12.5 Å². The minimum Gasteiger partial charge on any atom is -0.481 e. The van der Waals surface area contributed by atoms with Gasteiger partial charge in [-0.15, -0.1) is 0 Å². The fourth-order valence-corrected chi connectivity index (χ4v) is 2.52. The minimum atomic E-state index is -0.917. The molecule has 0 fully saturated rings. The SMILES string of the molecule is O=C(O)C1CN(C(=O)c2ccn[nH]2)Cc2ccccc21. The highest BCUT2D eigenvalue weighted by Gasteiger charge is 2.32. The maximum Gasteiger partial charge on any atom is 0.312 e. The molecule has 0 spiro atoms. The molecule has 2 N–H and O–H groups in total. The van der Waals surface area contributed by atoms with Gasteiger partial charge >= 0.3 is 5.97 Å². The van der Waals surface area contributed by atoms with E-state index in [9.17, 15) is 14.7 Å². The van der Waals surface area contributed by atoms with Crippen molar-refractivity contribution in [3.05, 3.63) is 53.3 Å². The number of carboxylic acid groups (broad SMARTS) is 1. The van der Waals surface area contributed by atoms with Crippen LogP contribution in [0.15, 0.2) is 36.5 Å². The van der Waals surface area contributed by atoms with Gasteiger partial charge in [0.15, 0.2) is 0 Å². The number of carbonyl (C=O) groups is 2. The minimum absolute atomic E-state index is 0.171. The number of carboxylic acids is 1. The fraction of sp³-hybridized carbons (Fsp3) is 0.214. The van der Waals surface area contributed by atoms with Gasteiger partial charge in [0.2, 0.25) is 0 Å². The summed E-state index contributed by atoms with van der Waals surface area (Å²) < 4.78 is 0. The highest BCUT2D eigenvalue weighted by molar-refractivity contribution is 5.93. The highest BCUT2D eigenvalue weighted by atomic mass is 16.4. The second-order valence-electron chi connectivity index (χ2n) is 4.75. The van der Waals surface area contributed by atoms with Crippen molar-refractivity contribution in [3.63, 3.8) is 0 Å². The van der Waals surface area contributed by atoms with Crippen LogP contribution in [0.2, 0.25) is 0 Å². The van der Waals surface area contributed by atoms with Gasteiger partial charge in [0.05, 0.1) is 5.92 Å². The van der Waals surface area contributed by atoms with Crippen LogP contribution in [0.25, 0.3) is 0 Å². The Hall–Kier alpha value is -2.63. The zero-order valence-electron chi connectivity index (χ0n) is 10.6. The Balaban J connectivity index is 1.94. The Kier molecular flexibility index (Phi) is 2.98. The molecule has 1 aliphatic rings. The Bertz CT molecular complexity index is 651. The van der Waals surface area contributed by atoms with Crippen LogP contribution in [0, 0.1) is 0 Å². The number of H-pyrrole nitrogens is 1. The van der Waals surface area contributed by atoms with Gasteiger partial charge in [-0.05, 0) is 17.2 Å². The number of amides is 1. The van der Waals surface area contributed by atoms with E-state index in [1.165, 1.54) is 11.1 Å². The molecule has 1 aliphatic heterocycles. The van der Waals surface area contributed by atoms with E-state index in [1.54, 1.807) is 6.07 Å². The molecular formula is C14H13N3O3. The lowest BCUT2D eigenvalue weighted by atomic mass is 9.89. The Morgan fingerprint density at radius 3 is 2.80 bits per heavy atom. The van der Waals surface area contributed by atoms with Crippen LogP contribution in [0.3, 0.4) is 0 Å². The Labute approximate surface area is 115 Å². The summed E-state index contributed by atoms with van der Waals surface area (Å²) in [4.78, 5) is 25.3. The lowest BCUT2D eigenvalue weighted by Gasteiger charge is -2.32. The van der Waals surface area contributed by atoms with Gasteiger partial charge in [-0.25, -0.2) is 0 Å². The van der Waals surface area contributed by atoms with E-state index in [2.05, 4.69) is 10.2 Å². The van der Waals surface area contributed by atoms with Crippen molar-refractivity contribution >= 4 is 11.9 Å². The van der Waals surface area contributed by atoms with E-state index in [0.29, 0.717) is 12.2 Å². The molecule has 1 aromatic heterocycles. The molecule has 6 nitrogen and oxygen atoms in total. The molecule has 3 rings (SSSR count). The summed E-state index contributed by atoms with van der Waals surface area (Å²) >= 11 is 0. The summed E-state index contributed by atoms with van der Waals surface area (Å²) in [6.07, 6.45) is 1.50. The van der Waals surface area contributed by atoms with Crippen molar-refractivity contribution in [1.29, 1.82) is 0 Å². The second-order valence-corrected chi connectivity index (χ2v) is 4.75. The van der Waals surface area contributed by atoms with E-state index < -0.39 is 11.9 Å². The number of aromatic amines is 1. The standard InChI is InChI=1S/C14H13N3O3/c18-13(12-5-6-15-16-12)17-7-9-3-1-2-4-10(9)11(8-17)14(19)20/h1-6,11H,7-8H2,(H,15,16)(H,19,20). The molecule has 2 heterocycles. The van der Waals surface area contributed by atoms with Crippen molar-refractivity contribution in [2.24, 2.45) is 0 Å². The third-order valence-electron chi connectivity index (χ3n) is 3.51. The number of aromatic nitrogens is 2. The van der Waals surface area contributed by atoms with Gasteiger partial charge in [0.1, 0.15) is 5.69 Å². The van der Waals surface area contributed by atoms with Crippen LogP contribution in [-0.2, 0) is 11.3 Å². The number of aliphatic carboxylic acids is 1. The molecule has 0 bridgehead atoms. The zero-order chi connectivity index (χ0) is 14.1. The molecule has 2 aromatic rings. The molecule has 0 aliphatic carbocycles. The van der Waals surface area contributed by atoms with Crippen molar-refractivity contribution < 1.29 is 14.7 Å². The quantitative estimate of drug-likeness (QED) is 0.860. The van der Waals surface area contributed by atoms with Gasteiger partial charge in [0, 0.05) is 19.3 Å². The molecule has 0 saturated heterocycles. The average molecular weight is 271 g/mol. The lowest BCUT2D eigenvalue weighted by Crippen LogP contribution is -2.40. The molecule has 6 heteroatoms. The summed E-state index contributed by atoms with van der Waals surface area (Å²) in [5.41, 5.74) is 2.03. The van der Waals surface area contributed by atoms with Crippen molar-refractivity contribution in [1.82, 2.24) is 15.1 Å². The number of carbonyl (C=O) groups excluding carboxylic acids is 1. The van der Waals surface area contributed by atoms with Gasteiger partial charge in [0.25, 0.3) is 5.91 Å². The largest absolute Gasteiger partial charge is 0.481 e. The molecule has 1 atom stereocenters. The summed E-state index contributed by atoms with van der Waals surface area (Å²) in [5, 5.41) is 15.7. The third-order valence-corrected chi connectivity index (χ3v) is 3.51. The first-order chi connectivity index (χ1) is 9.66. The van der Waals surface area contributed by atoms with Crippen LogP contribution < -0.4 is 0 Å². The van der Waals surface area contributed by atoms with E-state index in [4.69, 9.17) is 0 Å². The number of hydrogen-bond acceptors (Lipinski definition) is 3. The number of nitrogens with one attached hydrogen (secondary N) is 1. The molecule has 1 aromatic carbocycles. The van der Waals surface area contributed by atoms with Crippen molar-refractivity contribution in [3.8, 4) is 0 Å². The molecule has 1 amide bonds. The first-order valence-corrected chi connectivity index (χ1v) is 6.26. The molecule has 20 heavy (non-hydrogen) atoms.